The summed E-state index contributed by atoms with van der Waals surface area (Å²) in [6, 6.07) is 11.7. The highest BCUT2D eigenvalue weighted by Gasteiger charge is 2.30. The van der Waals surface area contributed by atoms with Gasteiger partial charge in [0.05, 0.1) is 18.0 Å². The third-order valence-electron chi connectivity index (χ3n) is 5.30. The molecule has 146 valence electrons. The standard InChI is InChI=1S/C22H25N3O2S/c1-15-8-11-25(12-9-15)20(18-6-3-4-10-23-18)17-14-16(2)28-22(17)24-21(26)19-7-5-13-27-19/h3-7,10,13-15,20H,8-9,11-12H2,1-2H3,(H,24,26). The van der Waals surface area contributed by atoms with Gasteiger partial charge in [0.2, 0.25) is 0 Å². The van der Waals surface area contributed by atoms with Crippen LogP contribution >= 0.6 is 11.3 Å². The van der Waals surface area contributed by atoms with Crippen LogP contribution in [0.1, 0.15) is 52.5 Å². The normalized spacial score (nSPS) is 16.8. The Morgan fingerprint density at radius 2 is 2.11 bits per heavy atom. The third-order valence-corrected chi connectivity index (χ3v) is 6.28. The molecule has 0 aromatic carbocycles. The number of carbonyl (C=O) groups excluding carboxylic acids is 1. The van der Waals surface area contributed by atoms with Gasteiger partial charge in [-0.3, -0.25) is 14.7 Å². The molecule has 1 aliphatic heterocycles. The Hall–Kier alpha value is -2.44. The Balaban J connectivity index is 1.69. The number of likely N-dealkylation sites (tertiary alicyclic amines) is 1. The van der Waals surface area contributed by atoms with E-state index in [1.165, 1.54) is 19.1 Å². The molecule has 1 N–H and O–H groups in total. The molecule has 0 radical (unpaired) electrons. The predicted octanol–water partition coefficient (Wildman–Crippen LogP) is 5.12. The quantitative estimate of drug-likeness (QED) is 0.651. The number of hydrogen-bond donors (Lipinski definition) is 1. The number of aryl methyl sites for hydroxylation is 1. The van der Waals surface area contributed by atoms with E-state index in [0.717, 1.165) is 40.1 Å². The Morgan fingerprint density at radius 1 is 1.29 bits per heavy atom. The van der Waals surface area contributed by atoms with Crippen molar-refractivity contribution in [1.29, 1.82) is 0 Å². The molecule has 4 rings (SSSR count). The molecule has 6 heteroatoms. The first-order valence-electron chi connectivity index (χ1n) is 9.72. The van der Waals surface area contributed by atoms with E-state index in [9.17, 15) is 4.79 Å². The number of thiophene rings is 1. The number of aromatic nitrogens is 1. The number of rotatable bonds is 5. The summed E-state index contributed by atoms with van der Waals surface area (Å²) in [5, 5.41) is 3.93. The van der Waals surface area contributed by atoms with Crippen LogP contribution in [0.5, 0.6) is 0 Å². The van der Waals surface area contributed by atoms with Crippen molar-refractivity contribution in [3.8, 4) is 0 Å². The summed E-state index contributed by atoms with van der Waals surface area (Å²) >= 11 is 1.60. The van der Waals surface area contributed by atoms with Gasteiger partial charge in [0.1, 0.15) is 5.00 Å². The van der Waals surface area contributed by atoms with Gasteiger partial charge in [0, 0.05) is 16.6 Å². The highest BCUT2D eigenvalue weighted by atomic mass is 32.1. The van der Waals surface area contributed by atoms with Gasteiger partial charge < -0.3 is 9.73 Å². The zero-order valence-electron chi connectivity index (χ0n) is 16.2. The van der Waals surface area contributed by atoms with Crippen molar-refractivity contribution in [3.05, 3.63) is 70.8 Å². The number of piperidine rings is 1. The molecule has 0 aliphatic carbocycles. The van der Waals surface area contributed by atoms with Crippen LogP contribution in [-0.4, -0.2) is 28.9 Å². The number of pyridine rings is 1. The van der Waals surface area contributed by atoms with E-state index < -0.39 is 0 Å². The fourth-order valence-electron chi connectivity index (χ4n) is 3.77. The van der Waals surface area contributed by atoms with Crippen molar-refractivity contribution < 1.29 is 9.21 Å². The summed E-state index contributed by atoms with van der Waals surface area (Å²) in [6.07, 6.45) is 5.72. The third kappa shape index (κ3) is 4.03. The minimum atomic E-state index is -0.222. The van der Waals surface area contributed by atoms with Crippen LogP contribution in [-0.2, 0) is 0 Å². The fraction of sp³-hybridized carbons (Fsp3) is 0.364. The number of amides is 1. The van der Waals surface area contributed by atoms with Gasteiger partial charge in [-0.1, -0.05) is 13.0 Å². The number of nitrogens with one attached hydrogen (secondary N) is 1. The molecule has 1 atom stereocenters. The maximum Gasteiger partial charge on any atom is 0.291 e. The largest absolute Gasteiger partial charge is 0.459 e. The maximum atomic E-state index is 12.6. The second-order valence-electron chi connectivity index (χ2n) is 7.45. The van der Waals surface area contributed by atoms with Gasteiger partial charge in [-0.25, -0.2) is 0 Å². The van der Waals surface area contributed by atoms with Gasteiger partial charge in [0.15, 0.2) is 5.76 Å². The van der Waals surface area contributed by atoms with Crippen LogP contribution in [0.4, 0.5) is 5.00 Å². The first-order chi connectivity index (χ1) is 13.6. The van der Waals surface area contributed by atoms with E-state index >= 15 is 0 Å². The van der Waals surface area contributed by atoms with E-state index in [2.05, 4.69) is 41.2 Å². The molecule has 1 fully saturated rings. The van der Waals surface area contributed by atoms with Crippen molar-refractivity contribution in [3.63, 3.8) is 0 Å². The summed E-state index contributed by atoms with van der Waals surface area (Å²) in [5.74, 6) is 0.848. The zero-order valence-corrected chi connectivity index (χ0v) is 17.0. The molecule has 3 aromatic heterocycles. The predicted molar refractivity (Wildman–Crippen MR) is 112 cm³/mol. The molecule has 1 saturated heterocycles. The van der Waals surface area contributed by atoms with Crippen molar-refractivity contribution >= 4 is 22.2 Å². The van der Waals surface area contributed by atoms with Gasteiger partial charge >= 0.3 is 0 Å². The van der Waals surface area contributed by atoms with Crippen molar-refractivity contribution in [1.82, 2.24) is 9.88 Å². The van der Waals surface area contributed by atoms with Crippen LogP contribution in [0, 0.1) is 12.8 Å². The van der Waals surface area contributed by atoms with Gasteiger partial charge in [-0.15, -0.1) is 11.3 Å². The smallest absolute Gasteiger partial charge is 0.291 e. The van der Waals surface area contributed by atoms with Crippen LogP contribution < -0.4 is 5.32 Å². The van der Waals surface area contributed by atoms with Crippen molar-refractivity contribution in [2.45, 2.75) is 32.7 Å². The molecule has 28 heavy (non-hydrogen) atoms. The minimum absolute atomic E-state index is 0.0329. The molecule has 3 aromatic rings. The summed E-state index contributed by atoms with van der Waals surface area (Å²) < 4.78 is 5.26. The molecule has 1 aliphatic rings. The Morgan fingerprint density at radius 3 is 2.79 bits per heavy atom. The lowest BCUT2D eigenvalue weighted by molar-refractivity contribution is 0.0996. The highest BCUT2D eigenvalue weighted by molar-refractivity contribution is 7.16. The number of furan rings is 1. The first-order valence-corrected chi connectivity index (χ1v) is 10.5. The van der Waals surface area contributed by atoms with Crippen molar-refractivity contribution in [2.75, 3.05) is 18.4 Å². The van der Waals surface area contributed by atoms with Crippen LogP contribution in [0.15, 0.2) is 53.3 Å². The molecule has 0 bridgehead atoms. The highest BCUT2D eigenvalue weighted by Crippen LogP contribution is 2.39. The molecule has 5 nitrogen and oxygen atoms in total. The second kappa shape index (κ2) is 8.29. The van der Waals surface area contributed by atoms with Gasteiger partial charge in [-0.2, -0.15) is 0 Å². The van der Waals surface area contributed by atoms with Crippen molar-refractivity contribution in [2.24, 2.45) is 5.92 Å². The average molecular weight is 396 g/mol. The number of carbonyl (C=O) groups is 1. The van der Waals surface area contributed by atoms with Gasteiger partial charge in [-0.05, 0) is 69.1 Å². The van der Waals surface area contributed by atoms with Crippen LogP contribution in [0.3, 0.4) is 0 Å². The molecule has 1 unspecified atom stereocenters. The minimum Gasteiger partial charge on any atom is -0.459 e. The molecule has 0 saturated carbocycles. The van der Waals surface area contributed by atoms with E-state index in [-0.39, 0.29) is 11.9 Å². The second-order valence-corrected chi connectivity index (χ2v) is 8.70. The van der Waals surface area contributed by atoms with E-state index in [0.29, 0.717) is 5.76 Å². The molecular weight excluding hydrogens is 370 g/mol. The summed E-state index contributed by atoms with van der Waals surface area (Å²) in [7, 11) is 0. The average Bonchev–Trinajstić information content (AvgIpc) is 3.35. The Bertz CT molecular complexity index is 913. The lowest BCUT2D eigenvalue weighted by Crippen LogP contribution is -2.37. The first kappa shape index (κ1) is 18.9. The molecular formula is C22H25N3O2S. The monoisotopic (exact) mass is 395 g/mol. The lowest BCUT2D eigenvalue weighted by Gasteiger charge is -2.36. The number of hydrogen-bond acceptors (Lipinski definition) is 5. The summed E-state index contributed by atoms with van der Waals surface area (Å²) in [6.45, 7) is 6.45. The number of anilines is 1. The topological polar surface area (TPSA) is 58.4 Å². The lowest BCUT2D eigenvalue weighted by atomic mass is 9.94. The van der Waals surface area contributed by atoms with Crippen LogP contribution in [0.25, 0.3) is 0 Å². The molecule has 4 heterocycles. The Kier molecular flexibility index (Phi) is 5.59. The number of nitrogens with zero attached hydrogens (tertiary/aromatic N) is 2. The molecule has 0 spiro atoms. The SMILES string of the molecule is Cc1cc(C(c2ccccn2)N2CCC(C)CC2)c(NC(=O)c2ccco2)s1. The van der Waals surface area contributed by atoms with E-state index in [4.69, 9.17) is 4.42 Å². The van der Waals surface area contributed by atoms with E-state index in [1.54, 1.807) is 23.5 Å². The zero-order chi connectivity index (χ0) is 19.5. The van der Waals surface area contributed by atoms with E-state index in [1.807, 2.05) is 18.3 Å². The fourth-order valence-corrected chi connectivity index (χ4v) is 4.71. The van der Waals surface area contributed by atoms with Gasteiger partial charge in [0.25, 0.3) is 5.91 Å². The molecule has 1 amide bonds. The van der Waals surface area contributed by atoms with Crippen LogP contribution in [0.2, 0.25) is 0 Å². The summed E-state index contributed by atoms with van der Waals surface area (Å²) in [5.41, 5.74) is 2.12. The summed E-state index contributed by atoms with van der Waals surface area (Å²) in [4.78, 5) is 20.9. The maximum absolute atomic E-state index is 12.6. The Labute approximate surface area is 169 Å².